The molecule has 0 aromatic heterocycles. The lowest BCUT2D eigenvalue weighted by atomic mass is 10.1. The van der Waals surface area contributed by atoms with Crippen LogP contribution in [0, 0.1) is 0 Å². The van der Waals surface area contributed by atoms with Crippen LogP contribution in [-0.2, 0) is 17.8 Å². The van der Waals surface area contributed by atoms with E-state index in [4.69, 9.17) is 15.6 Å². The summed E-state index contributed by atoms with van der Waals surface area (Å²) in [5.74, 6) is -0.857. The largest absolute Gasteiger partial charge is 0.504 e. The van der Waals surface area contributed by atoms with Crippen molar-refractivity contribution in [3.05, 3.63) is 59.7 Å². The zero-order valence-corrected chi connectivity index (χ0v) is 11.4. The number of hydrogen-bond acceptors (Lipinski definition) is 4. The number of benzene rings is 2. The molecule has 0 heterocycles. The van der Waals surface area contributed by atoms with Crippen molar-refractivity contribution in [2.45, 2.75) is 19.1 Å². The summed E-state index contributed by atoms with van der Waals surface area (Å²) >= 11 is 0. The number of rotatable bonds is 6. The number of ether oxygens (including phenoxy) is 1. The highest BCUT2D eigenvalue weighted by atomic mass is 16.5. The first kappa shape index (κ1) is 14.9. The second-order valence-corrected chi connectivity index (χ2v) is 4.69. The molecule has 110 valence electrons. The van der Waals surface area contributed by atoms with E-state index in [9.17, 15) is 9.90 Å². The molecule has 1 atom stereocenters. The van der Waals surface area contributed by atoms with E-state index >= 15 is 0 Å². The number of hydrogen-bond donors (Lipinski definition) is 3. The van der Waals surface area contributed by atoms with E-state index in [1.54, 1.807) is 18.2 Å². The van der Waals surface area contributed by atoms with Crippen LogP contribution >= 0.6 is 0 Å². The Bertz CT molecular complexity index is 613. The molecule has 2 rings (SSSR count). The molecular formula is C16H17NO4. The molecule has 2 aromatic rings. The van der Waals surface area contributed by atoms with Crippen LogP contribution in [0.1, 0.15) is 11.1 Å². The van der Waals surface area contributed by atoms with Gasteiger partial charge in [-0.1, -0.05) is 42.5 Å². The molecular weight excluding hydrogens is 270 g/mol. The number of aromatic hydroxyl groups is 1. The van der Waals surface area contributed by atoms with E-state index in [2.05, 4.69) is 0 Å². The summed E-state index contributed by atoms with van der Waals surface area (Å²) in [4.78, 5) is 10.8. The number of nitrogens with two attached hydrogens (primary N) is 1. The number of carboxylic acids is 1. The Kier molecular flexibility index (Phi) is 4.79. The van der Waals surface area contributed by atoms with Crippen molar-refractivity contribution in [1.82, 2.24) is 0 Å². The van der Waals surface area contributed by atoms with E-state index in [0.29, 0.717) is 17.9 Å². The fraction of sp³-hybridized carbons (Fsp3) is 0.188. The molecule has 0 saturated heterocycles. The fourth-order valence-corrected chi connectivity index (χ4v) is 1.91. The Morgan fingerprint density at radius 1 is 1.14 bits per heavy atom. The van der Waals surface area contributed by atoms with Gasteiger partial charge in [0.15, 0.2) is 11.5 Å². The summed E-state index contributed by atoms with van der Waals surface area (Å²) in [7, 11) is 0. The van der Waals surface area contributed by atoms with Crippen molar-refractivity contribution in [2.75, 3.05) is 0 Å². The number of phenolic OH excluding ortho intramolecular Hbond substituents is 1. The first-order valence-corrected chi connectivity index (χ1v) is 6.54. The third-order valence-electron chi connectivity index (χ3n) is 3.08. The van der Waals surface area contributed by atoms with Crippen molar-refractivity contribution < 1.29 is 19.7 Å². The quantitative estimate of drug-likeness (QED) is 0.755. The van der Waals surface area contributed by atoms with Crippen molar-refractivity contribution in [3.8, 4) is 11.5 Å². The highest BCUT2D eigenvalue weighted by Crippen LogP contribution is 2.31. The van der Waals surface area contributed by atoms with Crippen molar-refractivity contribution >= 4 is 5.97 Å². The maximum atomic E-state index is 10.8. The Labute approximate surface area is 122 Å². The Morgan fingerprint density at radius 2 is 1.86 bits per heavy atom. The highest BCUT2D eigenvalue weighted by molar-refractivity contribution is 5.73. The monoisotopic (exact) mass is 287 g/mol. The summed E-state index contributed by atoms with van der Waals surface area (Å²) in [5.41, 5.74) is 6.91. The third-order valence-corrected chi connectivity index (χ3v) is 3.08. The second kappa shape index (κ2) is 6.76. The first-order valence-electron chi connectivity index (χ1n) is 6.54. The lowest BCUT2D eigenvalue weighted by molar-refractivity contribution is -0.138. The third kappa shape index (κ3) is 3.97. The Morgan fingerprint density at radius 3 is 2.52 bits per heavy atom. The van der Waals surface area contributed by atoms with Crippen LogP contribution < -0.4 is 10.5 Å². The maximum absolute atomic E-state index is 10.8. The van der Waals surface area contributed by atoms with E-state index in [1.165, 1.54) is 0 Å². The van der Waals surface area contributed by atoms with Crippen LogP contribution in [0.5, 0.6) is 11.5 Å². The molecule has 0 aliphatic carbocycles. The first-order chi connectivity index (χ1) is 10.1. The van der Waals surface area contributed by atoms with Crippen molar-refractivity contribution in [1.29, 1.82) is 0 Å². The summed E-state index contributed by atoms with van der Waals surface area (Å²) in [5, 5.41) is 18.9. The molecule has 0 aliphatic rings. The molecule has 0 saturated carbocycles. The topological polar surface area (TPSA) is 92.8 Å². The van der Waals surface area contributed by atoms with Gasteiger partial charge in [0.1, 0.15) is 12.6 Å². The van der Waals surface area contributed by atoms with Gasteiger partial charge >= 0.3 is 5.97 Å². The van der Waals surface area contributed by atoms with Gasteiger partial charge in [0, 0.05) is 6.42 Å². The molecule has 0 bridgehead atoms. The van der Waals surface area contributed by atoms with Gasteiger partial charge in [-0.25, -0.2) is 0 Å². The van der Waals surface area contributed by atoms with Crippen LogP contribution in [0.15, 0.2) is 48.5 Å². The van der Waals surface area contributed by atoms with E-state index in [1.807, 2.05) is 30.3 Å². The average Bonchev–Trinajstić information content (AvgIpc) is 2.49. The summed E-state index contributed by atoms with van der Waals surface area (Å²) in [6, 6.07) is 13.5. The van der Waals surface area contributed by atoms with Crippen LogP contribution in [-0.4, -0.2) is 22.2 Å². The van der Waals surface area contributed by atoms with Gasteiger partial charge in [-0.05, 0) is 17.2 Å². The van der Waals surface area contributed by atoms with Crippen LogP contribution in [0.3, 0.4) is 0 Å². The van der Waals surface area contributed by atoms with Gasteiger partial charge in [0.05, 0.1) is 0 Å². The van der Waals surface area contributed by atoms with E-state index in [0.717, 1.165) is 5.56 Å². The Hall–Kier alpha value is -2.53. The lowest BCUT2D eigenvalue weighted by Crippen LogP contribution is -2.32. The SMILES string of the molecule is NC(Cc1cccc(OCc2ccccc2)c1O)C(=O)O. The minimum atomic E-state index is -1.11. The minimum Gasteiger partial charge on any atom is -0.504 e. The molecule has 4 N–H and O–H groups in total. The van der Waals surface area contributed by atoms with Crippen LogP contribution in [0.25, 0.3) is 0 Å². The van der Waals surface area contributed by atoms with E-state index in [-0.39, 0.29) is 12.2 Å². The minimum absolute atomic E-state index is 0.0453. The molecule has 0 radical (unpaired) electrons. The Balaban J connectivity index is 2.09. The zero-order valence-electron chi connectivity index (χ0n) is 11.4. The zero-order chi connectivity index (χ0) is 15.2. The van der Waals surface area contributed by atoms with Crippen molar-refractivity contribution in [3.63, 3.8) is 0 Å². The van der Waals surface area contributed by atoms with Gasteiger partial charge in [0.2, 0.25) is 0 Å². The van der Waals surface area contributed by atoms with Crippen molar-refractivity contribution in [2.24, 2.45) is 5.73 Å². The molecule has 0 amide bonds. The molecule has 0 fully saturated rings. The normalized spacial score (nSPS) is 11.9. The standard InChI is InChI=1S/C16H17NO4/c17-13(16(19)20)9-12-7-4-8-14(15(12)18)21-10-11-5-2-1-3-6-11/h1-8,13,18H,9-10,17H2,(H,19,20). The van der Waals surface area contributed by atoms with Gasteiger partial charge in [-0.3, -0.25) is 4.79 Å². The van der Waals surface area contributed by atoms with Gasteiger partial charge < -0.3 is 20.7 Å². The molecule has 5 heteroatoms. The van der Waals surface area contributed by atoms with E-state index < -0.39 is 12.0 Å². The van der Waals surface area contributed by atoms with Gasteiger partial charge in [-0.15, -0.1) is 0 Å². The summed E-state index contributed by atoms with van der Waals surface area (Å²) < 4.78 is 5.57. The molecule has 2 aromatic carbocycles. The number of aliphatic carboxylic acids is 1. The molecule has 5 nitrogen and oxygen atoms in total. The van der Waals surface area contributed by atoms with Gasteiger partial charge in [-0.2, -0.15) is 0 Å². The predicted molar refractivity (Wildman–Crippen MR) is 78.2 cm³/mol. The number of carbonyl (C=O) groups is 1. The molecule has 0 spiro atoms. The lowest BCUT2D eigenvalue weighted by Gasteiger charge is -2.13. The smallest absolute Gasteiger partial charge is 0.320 e. The van der Waals surface area contributed by atoms with Gasteiger partial charge in [0.25, 0.3) is 0 Å². The highest BCUT2D eigenvalue weighted by Gasteiger charge is 2.16. The molecule has 0 aliphatic heterocycles. The summed E-state index contributed by atoms with van der Waals surface area (Å²) in [6.07, 6.45) is 0.0453. The average molecular weight is 287 g/mol. The van der Waals surface area contributed by atoms with Crippen LogP contribution in [0.2, 0.25) is 0 Å². The number of carboxylic acid groups (broad SMARTS) is 1. The fourth-order valence-electron chi connectivity index (χ4n) is 1.91. The predicted octanol–water partition coefficient (Wildman–Crippen LogP) is 1.93. The molecule has 21 heavy (non-hydrogen) atoms. The second-order valence-electron chi connectivity index (χ2n) is 4.69. The number of phenols is 1. The summed E-state index contributed by atoms with van der Waals surface area (Å²) in [6.45, 7) is 0.322. The molecule has 1 unspecified atom stereocenters. The number of para-hydroxylation sites is 1. The maximum Gasteiger partial charge on any atom is 0.320 e. The van der Waals surface area contributed by atoms with Crippen LogP contribution in [0.4, 0.5) is 0 Å².